The second kappa shape index (κ2) is 4.36. The van der Waals surface area contributed by atoms with E-state index in [1.165, 1.54) is 11.0 Å². The van der Waals surface area contributed by atoms with Gasteiger partial charge >= 0.3 is 0 Å². The SMILES string of the molecule is O=C1C(O)c2ccccc2N1c1cc(Br)ccc1O. The number of phenolic OH excluding ortho intramolecular Hbond substituents is 1. The number of carbonyl (C=O) groups is 1. The first-order valence-corrected chi connectivity index (χ1v) is 6.48. The van der Waals surface area contributed by atoms with Crippen LogP contribution in [0.3, 0.4) is 0 Å². The van der Waals surface area contributed by atoms with Crippen LogP contribution in [0.2, 0.25) is 0 Å². The molecule has 1 aliphatic rings. The van der Waals surface area contributed by atoms with Crippen molar-refractivity contribution in [3.63, 3.8) is 0 Å². The van der Waals surface area contributed by atoms with Gasteiger partial charge < -0.3 is 10.2 Å². The van der Waals surface area contributed by atoms with Crippen LogP contribution in [-0.4, -0.2) is 16.1 Å². The molecular weight excluding hydrogens is 310 g/mol. The number of rotatable bonds is 1. The van der Waals surface area contributed by atoms with Gasteiger partial charge in [-0.3, -0.25) is 9.69 Å². The van der Waals surface area contributed by atoms with Gasteiger partial charge in [-0.15, -0.1) is 0 Å². The molecule has 1 amide bonds. The van der Waals surface area contributed by atoms with Crippen LogP contribution in [0.4, 0.5) is 11.4 Å². The summed E-state index contributed by atoms with van der Waals surface area (Å²) in [5.74, 6) is -0.477. The van der Waals surface area contributed by atoms with Crippen molar-refractivity contribution < 1.29 is 15.0 Å². The van der Waals surface area contributed by atoms with E-state index in [4.69, 9.17) is 0 Å². The number of benzene rings is 2. The number of fused-ring (bicyclic) bond motifs is 1. The van der Waals surface area contributed by atoms with Crippen molar-refractivity contribution in [2.24, 2.45) is 0 Å². The molecule has 1 atom stereocenters. The summed E-state index contributed by atoms with van der Waals surface area (Å²) in [5.41, 5.74) is 1.49. The lowest BCUT2D eigenvalue weighted by molar-refractivity contribution is -0.125. The zero-order valence-corrected chi connectivity index (χ0v) is 11.3. The van der Waals surface area contributed by atoms with Crippen molar-refractivity contribution in [2.45, 2.75) is 6.10 Å². The summed E-state index contributed by atoms with van der Waals surface area (Å²) < 4.78 is 0.743. The molecule has 0 aromatic heterocycles. The maximum Gasteiger partial charge on any atom is 0.265 e. The topological polar surface area (TPSA) is 60.8 Å². The summed E-state index contributed by atoms with van der Waals surface area (Å²) in [6.07, 6.45) is -1.19. The maximum atomic E-state index is 12.2. The lowest BCUT2D eigenvalue weighted by atomic mass is 10.1. The molecule has 0 fully saturated rings. The van der Waals surface area contributed by atoms with Gasteiger partial charge in [0.1, 0.15) is 5.75 Å². The molecule has 2 aromatic carbocycles. The molecule has 0 radical (unpaired) electrons. The maximum absolute atomic E-state index is 12.2. The zero-order chi connectivity index (χ0) is 13.6. The Balaban J connectivity index is 2.21. The van der Waals surface area contributed by atoms with Crippen molar-refractivity contribution in [1.82, 2.24) is 0 Å². The highest BCUT2D eigenvalue weighted by Gasteiger charge is 2.37. The molecule has 96 valence electrons. The van der Waals surface area contributed by atoms with Crippen molar-refractivity contribution in [3.8, 4) is 5.75 Å². The summed E-state index contributed by atoms with van der Waals surface area (Å²) in [5, 5.41) is 19.9. The number of aliphatic hydroxyl groups excluding tert-OH is 1. The molecule has 0 saturated heterocycles. The van der Waals surface area contributed by atoms with E-state index in [-0.39, 0.29) is 5.75 Å². The van der Waals surface area contributed by atoms with Crippen LogP contribution >= 0.6 is 15.9 Å². The van der Waals surface area contributed by atoms with Crippen molar-refractivity contribution in [1.29, 1.82) is 0 Å². The summed E-state index contributed by atoms with van der Waals surface area (Å²) in [6.45, 7) is 0. The average Bonchev–Trinajstić information content (AvgIpc) is 2.66. The quantitative estimate of drug-likeness (QED) is 0.849. The van der Waals surface area contributed by atoms with Crippen molar-refractivity contribution in [3.05, 3.63) is 52.5 Å². The van der Waals surface area contributed by atoms with E-state index < -0.39 is 12.0 Å². The predicted octanol–water partition coefficient (Wildman–Crippen LogP) is 2.87. The van der Waals surface area contributed by atoms with Crippen LogP contribution in [0.5, 0.6) is 5.75 Å². The third-order valence-corrected chi connectivity index (χ3v) is 3.60. The van der Waals surface area contributed by atoms with E-state index in [2.05, 4.69) is 15.9 Å². The van der Waals surface area contributed by atoms with Gasteiger partial charge in [-0.25, -0.2) is 0 Å². The Morgan fingerprint density at radius 3 is 2.63 bits per heavy atom. The van der Waals surface area contributed by atoms with Gasteiger partial charge in [0.15, 0.2) is 6.10 Å². The first kappa shape index (κ1) is 12.2. The minimum absolute atomic E-state index is 0.0135. The highest BCUT2D eigenvalue weighted by atomic mass is 79.9. The summed E-state index contributed by atoms with van der Waals surface area (Å²) >= 11 is 3.31. The molecule has 3 rings (SSSR count). The largest absolute Gasteiger partial charge is 0.506 e. The average molecular weight is 320 g/mol. The van der Waals surface area contributed by atoms with Gasteiger partial charge in [0.05, 0.1) is 11.4 Å². The molecule has 19 heavy (non-hydrogen) atoms. The van der Waals surface area contributed by atoms with E-state index in [1.54, 1.807) is 36.4 Å². The Bertz CT molecular complexity index is 671. The smallest absolute Gasteiger partial charge is 0.265 e. The van der Waals surface area contributed by atoms with Gasteiger partial charge in [-0.2, -0.15) is 0 Å². The molecule has 0 aliphatic carbocycles. The van der Waals surface area contributed by atoms with Crippen LogP contribution < -0.4 is 4.90 Å². The molecule has 5 heteroatoms. The van der Waals surface area contributed by atoms with E-state index in [0.29, 0.717) is 16.9 Å². The second-order valence-corrected chi connectivity index (χ2v) is 5.18. The van der Waals surface area contributed by atoms with Crippen LogP contribution in [0.15, 0.2) is 46.9 Å². The fraction of sp³-hybridized carbons (Fsp3) is 0.0714. The van der Waals surface area contributed by atoms with Crippen molar-refractivity contribution >= 4 is 33.2 Å². The molecule has 1 unspecified atom stereocenters. The minimum Gasteiger partial charge on any atom is -0.506 e. The number of anilines is 2. The number of carbonyl (C=O) groups excluding carboxylic acids is 1. The third-order valence-electron chi connectivity index (χ3n) is 3.10. The summed E-state index contributed by atoms with van der Waals surface area (Å²) in [6, 6.07) is 11.8. The van der Waals surface area contributed by atoms with E-state index in [0.717, 1.165) is 4.47 Å². The van der Waals surface area contributed by atoms with Crippen LogP contribution in [-0.2, 0) is 4.79 Å². The monoisotopic (exact) mass is 319 g/mol. The molecule has 2 aromatic rings. The summed E-state index contributed by atoms with van der Waals surface area (Å²) in [4.78, 5) is 13.5. The van der Waals surface area contributed by atoms with Crippen LogP contribution in [0.25, 0.3) is 0 Å². The Kier molecular flexibility index (Phi) is 2.80. The Morgan fingerprint density at radius 1 is 1.11 bits per heavy atom. The Hall–Kier alpha value is -1.85. The number of hydrogen-bond donors (Lipinski definition) is 2. The first-order chi connectivity index (χ1) is 9.09. The number of hydrogen-bond acceptors (Lipinski definition) is 3. The molecule has 0 spiro atoms. The highest BCUT2D eigenvalue weighted by molar-refractivity contribution is 9.10. The van der Waals surface area contributed by atoms with Crippen molar-refractivity contribution in [2.75, 3.05) is 4.90 Å². The van der Waals surface area contributed by atoms with Gasteiger partial charge in [-0.05, 0) is 24.3 Å². The van der Waals surface area contributed by atoms with Crippen LogP contribution in [0, 0.1) is 0 Å². The van der Waals surface area contributed by atoms with Gasteiger partial charge in [0.25, 0.3) is 5.91 Å². The number of phenols is 1. The molecule has 4 nitrogen and oxygen atoms in total. The second-order valence-electron chi connectivity index (χ2n) is 4.27. The number of aromatic hydroxyl groups is 1. The molecule has 1 heterocycles. The molecular formula is C14H10BrNO3. The normalized spacial score (nSPS) is 17.7. The minimum atomic E-state index is -1.19. The molecule has 2 N–H and O–H groups in total. The van der Waals surface area contributed by atoms with Gasteiger partial charge in [0.2, 0.25) is 0 Å². The number of amides is 1. The zero-order valence-electron chi connectivity index (χ0n) is 9.75. The highest BCUT2D eigenvalue weighted by Crippen LogP contribution is 2.44. The fourth-order valence-corrected chi connectivity index (χ4v) is 2.57. The molecule has 0 bridgehead atoms. The van der Waals surface area contributed by atoms with E-state index >= 15 is 0 Å². The Labute approximate surface area is 118 Å². The Morgan fingerprint density at radius 2 is 1.84 bits per heavy atom. The fourth-order valence-electron chi connectivity index (χ4n) is 2.22. The number of halogens is 1. The van der Waals surface area contributed by atoms with Crippen LogP contribution in [0.1, 0.15) is 11.7 Å². The molecule has 0 saturated carbocycles. The standard InChI is InChI=1S/C14H10BrNO3/c15-8-5-6-12(17)11(7-8)16-10-4-2-1-3-9(10)13(18)14(16)19/h1-7,13,17-18H. The number of aliphatic hydroxyl groups is 1. The summed E-state index contributed by atoms with van der Waals surface area (Å²) in [7, 11) is 0. The lowest BCUT2D eigenvalue weighted by Crippen LogP contribution is -2.23. The lowest BCUT2D eigenvalue weighted by Gasteiger charge is -2.19. The van der Waals surface area contributed by atoms with E-state index in [1.807, 2.05) is 0 Å². The number of para-hydroxylation sites is 1. The number of nitrogens with zero attached hydrogens (tertiary/aromatic N) is 1. The van der Waals surface area contributed by atoms with E-state index in [9.17, 15) is 15.0 Å². The third kappa shape index (κ3) is 1.82. The predicted molar refractivity (Wildman–Crippen MR) is 74.4 cm³/mol. The first-order valence-electron chi connectivity index (χ1n) is 5.69. The van der Waals surface area contributed by atoms with Gasteiger partial charge in [-0.1, -0.05) is 34.1 Å². The molecule has 1 aliphatic heterocycles. The van der Waals surface area contributed by atoms with Gasteiger partial charge in [0, 0.05) is 10.0 Å².